The van der Waals surface area contributed by atoms with E-state index in [1.807, 2.05) is 13.0 Å². The van der Waals surface area contributed by atoms with Gasteiger partial charge in [-0.1, -0.05) is 48.5 Å². The molecule has 0 aromatic heterocycles. The first-order valence-corrected chi connectivity index (χ1v) is 6.59. The van der Waals surface area contributed by atoms with Gasteiger partial charge in [-0.25, -0.2) is 0 Å². The first-order chi connectivity index (χ1) is 6.15. The van der Waals surface area contributed by atoms with Crippen LogP contribution in [0, 0.1) is 6.92 Å². The highest BCUT2D eigenvalue weighted by Gasteiger charge is 2.15. The molecule has 1 rings (SSSR count). The molecule has 1 nitrogen and oxygen atoms in total. The summed E-state index contributed by atoms with van der Waals surface area (Å²) in [5.74, 6) is 0. The average Bonchev–Trinajstić information content (AvgIpc) is 2.15. The molecule has 0 amide bonds. The predicted molar refractivity (Wildman–Crippen MR) is 57.7 cm³/mol. The second kappa shape index (κ2) is 4.37. The molecule has 0 atom stereocenters. The molecule has 0 aliphatic rings. The Morgan fingerprint density at radius 2 is 2.15 bits per heavy atom. The van der Waals surface area contributed by atoms with Crippen LogP contribution in [0.4, 0.5) is 0 Å². The van der Waals surface area contributed by atoms with Crippen molar-refractivity contribution >= 4 is 19.4 Å². The van der Waals surface area contributed by atoms with Crippen molar-refractivity contribution in [2.24, 2.45) is 0 Å². The Hall–Kier alpha value is -0.893. The van der Waals surface area contributed by atoms with Crippen molar-refractivity contribution in [3.8, 4) is 0 Å². The summed E-state index contributed by atoms with van der Waals surface area (Å²) < 4.78 is 0. The van der Waals surface area contributed by atoms with Crippen LogP contribution in [0.2, 0.25) is 6.55 Å². The molecule has 2 heteroatoms. The smallest absolute Gasteiger partial charge is 0.166 e. The summed E-state index contributed by atoms with van der Waals surface area (Å²) in [5.41, 5.74) is 1.24. The maximum absolute atomic E-state index is 11.5. The van der Waals surface area contributed by atoms with Gasteiger partial charge in [0.25, 0.3) is 0 Å². The zero-order valence-electron chi connectivity index (χ0n) is 8.42. The SMILES string of the molecule is CCC(=O)[Si](C)c1cccc(C)c1. The maximum Gasteiger partial charge on any atom is 0.166 e. The minimum Gasteiger partial charge on any atom is -0.305 e. The number of rotatable bonds is 3. The summed E-state index contributed by atoms with van der Waals surface area (Å²) in [4.78, 5) is 11.5. The lowest BCUT2D eigenvalue weighted by atomic mass is 10.2. The van der Waals surface area contributed by atoms with E-state index in [9.17, 15) is 4.79 Å². The predicted octanol–water partition coefficient (Wildman–Crippen LogP) is 1.84. The van der Waals surface area contributed by atoms with Crippen LogP contribution >= 0.6 is 0 Å². The van der Waals surface area contributed by atoms with Gasteiger partial charge in [0.15, 0.2) is 8.80 Å². The fourth-order valence-electron chi connectivity index (χ4n) is 1.30. The molecule has 69 valence electrons. The molecular weight excluding hydrogens is 176 g/mol. The van der Waals surface area contributed by atoms with Crippen molar-refractivity contribution in [1.29, 1.82) is 0 Å². The Morgan fingerprint density at radius 3 is 2.69 bits per heavy atom. The normalized spacial score (nSPS) is 10.5. The molecule has 0 fully saturated rings. The number of carbonyl (C=O) groups is 1. The third-order valence-electron chi connectivity index (χ3n) is 2.19. The van der Waals surface area contributed by atoms with Crippen LogP contribution in [0.3, 0.4) is 0 Å². The van der Waals surface area contributed by atoms with Crippen LogP contribution in [0.15, 0.2) is 24.3 Å². The molecule has 13 heavy (non-hydrogen) atoms. The second-order valence-corrected chi connectivity index (χ2v) is 5.66. The third kappa shape index (κ3) is 2.52. The van der Waals surface area contributed by atoms with E-state index >= 15 is 0 Å². The zero-order chi connectivity index (χ0) is 9.84. The van der Waals surface area contributed by atoms with Crippen LogP contribution in [-0.2, 0) is 4.79 Å². The fraction of sp³-hybridized carbons (Fsp3) is 0.364. The molecule has 0 aliphatic heterocycles. The van der Waals surface area contributed by atoms with Gasteiger partial charge >= 0.3 is 0 Å². The number of hydrogen-bond donors (Lipinski definition) is 0. The van der Waals surface area contributed by atoms with Gasteiger partial charge in [-0.3, -0.25) is 0 Å². The maximum atomic E-state index is 11.5. The highest BCUT2D eigenvalue weighted by molar-refractivity contribution is 6.98. The average molecular weight is 191 g/mol. The zero-order valence-corrected chi connectivity index (χ0v) is 9.42. The number of aryl methyl sites for hydroxylation is 1. The van der Waals surface area contributed by atoms with Crippen molar-refractivity contribution in [2.75, 3.05) is 0 Å². The van der Waals surface area contributed by atoms with Crippen LogP contribution in [0.1, 0.15) is 18.9 Å². The van der Waals surface area contributed by atoms with E-state index in [1.54, 1.807) is 0 Å². The van der Waals surface area contributed by atoms with Crippen molar-refractivity contribution in [1.82, 2.24) is 0 Å². The standard InChI is InChI=1S/C11H15OSi/c1-4-11(12)13(3)10-7-5-6-9(2)8-10/h5-8H,4H2,1-3H3. The van der Waals surface area contributed by atoms with Gasteiger partial charge in [0.1, 0.15) is 5.41 Å². The van der Waals surface area contributed by atoms with Crippen LogP contribution < -0.4 is 5.19 Å². The summed E-state index contributed by atoms with van der Waals surface area (Å²) in [5, 5.41) is 1.65. The van der Waals surface area contributed by atoms with Gasteiger partial charge in [0.2, 0.25) is 0 Å². The molecule has 0 aliphatic carbocycles. The molecule has 0 saturated heterocycles. The van der Waals surface area contributed by atoms with Crippen molar-refractivity contribution in [3.63, 3.8) is 0 Å². The first kappa shape index (κ1) is 10.2. The van der Waals surface area contributed by atoms with Gasteiger partial charge in [-0.05, 0) is 13.3 Å². The number of hydrogen-bond acceptors (Lipinski definition) is 1. The summed E-state index contributed by atoms with van der Waals surface area (Å²) >= 11 is 0. The lowest BCUT2D eigenvalue weighted by Gasteiger charge is -2.07. The van der Waals surface area contributed by atoms with Gasteiger partial charge in [-0.2, -0.15) is 0 Å². The molecule has 0 N–H and O–H groups in total. The van der Waals surface area contributed by atoms with E-state index in [2.05, 4.69) is 31.7 Å². The van der Waals surface area contributed by atoms with E-state index in [4.69, 9.17) is 0 Å². The summed E-state index contributed by atoms with van der Waals surface area (Å²) in [6.45, 7) is 6.08. The van der Waals surface area contributed by atoms with Crippen molar-refractivity contribution in [3.05, 3.63) is 29.8 Å². The largest absolute Gasteiger partial charge is 0.305 e. The minimum absolute atomic E-state index is 0.413. The van der Waals surface area contributed by atoms with Crippen molar-refractivity contribution < 1.29 is 4.79 Å². The molecule has 0 heterocycles. The Bertz CT molecular complexity index is 307. The quantitative estimate of drug-likeness (QED) is 0.666. The van der Waals surface area contributed by atoms with E-state index in [-0.39, 0.29) is 0 Å². The molecule has 0 saturated carbocycles. The molecule has 1 aromatic rings. The first-order valence-electron chi connectivity index (χ1n) is 4.59. The molecule has 0 spiro atoms. The Morgan fingerprint density at radius 1 is 1.46 bits per heavy atom. The summed E-state index contributed by atoms with van der Waals surface area (Å²) in [6, 6.07) is 8.29. The van der Waals surface area contributed by atoms with Gasteiger partial charge < -0.3 is 4.79 Å². The number of carbonyl (C=O) groups excluding carboxylic acids is 1. The van der Waals surface area contributed by atoms with Gasteiger partial charge in [0.05, 0.1) is 0 Å². The lowest BCUT2D eigenvalue weighted by Crippen LogP contribution is -2.35. The Balaban J connectivity index is 2.88. The summed E-state index contributed by atoms with van der Waals surface area (Å²) in [7, 11) is -0.957. The molecular formula is C11H15OSi. The fourth-order valence-corrected chi connectivity index (χ4v) is 2.95. The topological polar surface area (TPSA) is 17.1 Å². The highest BCUT2D eigenvalue weighted by Crippen LogP contribution is 1.97. The van der Waals surface area contributed by atoms with Crippen LogP contribution in [0.25, 0.3) is 0 Å². The highest BCUT2D eigenvalue weighted by atomic mass is 28.3. The summed E-state index contributed by atoms with van der Waals surface area (Å²) in [6.07, 6.45) is 0.665. The van der Waals surface area contributed by atoms with Crippen molar-refractivity contribution in [2.45, 2.75) is 26.8 Å². The number of benzene rings is 1. The second-order valence-electron chi connectivity index (χ2n) is 3.27. The van der Waals surface area contributed by atoms with Gasteiger partial charge in [-0.15, -0.1) is 0 Å². The Kier molecular flexibility index (Phi) is 3.43. The third-order valence-corrected chi connectivity index (χ3v) is 4.56. The van der Waals surface area contributed by atoms with Crippen LogP contribution in [-0.4, -0.2) is 14.2 Å². The minimum atomic E-state index is -0.957. The Labute approximate surface area is 81.4 Å². The molecule has 1 radical (unpaired) electrons. The van der Waals surface area contributed by atoms with E-state index in [0.717, 1.165) is 0 Å². The van der Waals surface area contributed by atoms with E-state index in [1.165, 1.54) is 10.8 Å². The molecule has 0 unspecified atom stereocenters. The van der Waals surface area contributed by atoms with Crippen LogP contribution in [0.5, 0.6) is 0 Å². The lowest BCUT2D eigenvalue weighted by molar-refractivity contribution is -0.111. The van der Waals surface area contributed by atoms with Gasteiger partial charge in [0, 0.05) is 0 Å². The molecule has 1 aromatic carbocycles. The van der Waals surface area contributed by atoms with E-state index < -0.39 is 8.80 Å². The molecule has 0 bridgehead atoms. The van der Waals surface area contributed by atoms with E-state index in [0.29, 0.717) is 11.8 Å². The monoisotopic (exact) mass is 191 g/mol.